The molecule has 2 saturated heterocycles. The maximum atomic E-state index is 13.3. The number of nitrogens with zero attached hydrogens (tertiary/aromatic N) is 2. The van der Waals surface area contributed by atoms with Crippen LogP contribution in [-0.4, -0.2) is 41.5 Å². The molecule has 0 aromatic heterocycles. The molecule has 20 heavy (non-hydrogen) atoms. The lowest BCUT2D eigenvalue weighted by Gasteiger charge is -2.48. The van der Waals surface area contributed by atoms with E-state index in [9.17, 15) is 4.39 Å². The van der Waals surface area contributed by atoms with Crippen molar-refractivity contribution in [2.75, 3.05) is 19.6 Å². The van der Waals surface area contributed by atoms with E-state index in [1.54, 1.807) is 6.07 Å². The number of hydrogen-bond acceptors (Lipinski definition) is 2. The molecule has 0 radical (unpaired) electrons. The summed E-state index contributed by atoms with van der Waals surface area (Å²) < 4.78 is 13.3. The molecule has 2 heterocycles. The quantitative estimate of drug-likeness (QED) is 0.836. The van der Waals surface area contributed by atoms with E-state index in [4.69, 9.17) is 0 Å². The molecule has 1 aromatic carbocycles. The number of fused-ring (bicyclic) bond motifs is 1. The van der Waals surface area contributed by atoms with Gasteiger partial charge in [0.15, 0.2) is 0 Å². The molecule has 0 saturated carbocycles. The summed E-state index contributed by atoms with van der Waals surface area (Å²) in [6.07, 6.45) is 5.23. The van der Waals surface area contributed by atoms with Gasteiger partial charge in [0.2, 0.25) is 0 Å². The lowest BCUT2D eigenvalue weighted by molar-refractivity contribution is 0.00324. The van der Waals surface area contributed by atoms with Gasteiger partial charge < -0.3 is 0 Å². The molecular weight excluding hydrogens is 251 g/mol. The van der Waals surface area contributed by atoms with Gasteiger partial charge >= 0.3 is 0 Å². The van der Waals surface area contributed by atoms with Gasteiger partial charge in [0.25, 0.3) is 0 Å². The summed E-state index contributed by atoms with van der Waals surface area (Å²) in [6.45, 7) is 6.77. The molecule has 110 valence electrons. The molecule has 0 bridgehead atoms. The van der Waals surface area contributed by atoms with Crippen molar-refractivity contribution < 1.29 is 4.39 Å². The van der Waals surface area contributed by atoms with Gasteiger partial charge in [0.1, 0.15) is 5.82 Å². The van der Waals surface area contributed by atoms with E-state index in [-0.39, 0.29) is 5.82 Å². The third-order valence-corrected chi connectivity index (χ3v) is 4.90. The summed E-state index contributed by atoms with van der Waals surface area (Å²) >= 11 is 0. The number of benzene rings is 1. The smallest absolute Gasteiger partial charge is 0.123 e. The Kier molecular flexibility index (Phi) is 4.37. The van der Waals surface area contributed by atoms with Crippen molar-refractivity contribution in [2.24, 2.45) is 0 Å². The van der Waals surface area contributed by atoms with Gasteiger partial charge in [-0.25, -0.2) is 4.39 Å². The number of piperidine rings is 1. The Bertz CT molecular complexity index is 448. The van der Waals surface area contributed by atoms with Crippen molar-refractivity contribution in [3.8, 4) is 0 Å². The molecule has 2 nitrogen and oxygen atoms in total. The van der Waals surface area contributed by atoms with Gasteiger partial charge in [-0.3, -0.25) is 9.80 Å². The average molecular weight is 276 g/mol. The number of halogens is 1. The van der Waals surface area contributed by atoms with Gasteiger partial charge in [0.05, 0.1) is 0 Å². The summed E-state index contributed by atoms with van der Waals surface area (Å²) in [4.78, 5) is 5.25. The van der Waals surface area contributed by atoms with Crippen LogP contribution >= 0.6 is 0 Å². The topological polar surface area (TPSA) is 6.48 Å². The van der Waals surface area contributed by atoms with Crippen molar-refractivity contribution in [3.05, 3.63) is 35.6 Å². The first-order valence-corrected chi connectivity index (χ1v) is 7.99. The van der Waals surface area contributed by atoms with E-state index in [0.717, 1.165) is 24.7 Å². The zero-order valence-electron chi connectivity index (χ0n) is 12.4. The Morgan fingerprint density at radius 3 is 2.95 bits per heavy atom. The second-order valence-electron chi connectivity index (χ2n) is 6.27. The Morgan fingerprint density at radius 2 is 2.15 bits per heavy atom. The van der Waals surface area contributed by atoms with Crippen molar-refractivity contribution in [2.45, 2.75) is 51.2 Å². The minimum atomic E-state index is -0.119. The molecule has 3 heteroatoms. The molecule has 2 aliphatic rings. The van der Waals surface area contributed by atoms with Crippen molar-refractivity contribution >= 4 is 0 Å². The Labute approximate surface area is 121 Å². The molecule has 2 unspecified atom stereocenters. The summed E-state index contributed by atoms with van der Waals surface area (Å²) in [5, 5.41) is 0. The molecule has 0 N–H and O–H groups in total. The second kappa shape index (κ2) is 6.23. The molecule has 0 aliphatic carbocycles. The van der Waals surface area contributed by atoms with Crippen LogP contribution in [0.5, 0.6) is 0 Å². The van der Waals surface area contributed by atoms with Crippen molar-refractivity contribution in [3.63, 3.8) is 0 Å². The maximum Gasteiger partial charge on any atom is 0.123 e. The van der Waals surface area contributed by atoms with Crippen LogP contribution in [0.1, 0.15) is 38.2 Å². The van der Waals surface area contributed by atoms with Crippen LogP contribution in [0, 0.1) is 5.82 Å². The summed E-state index contributed by atoms with van der Waals surface area (Å²) in [6, 6.07) is 8.42. The van der Waals surface area contributed by atoms with Crippen LogP contribution < -0.4 is 0 Å². The fraction of sp³-hybridized carbons (Fsp3) is 0.647. The summed E-state index contributed by atoms with van der Waals surface area (Å²) in [5.74, 6) is -0.119. The van der Waals surface area contributed by atoms with Crippen LogP contribution in [0.2, 0.25) is 0 Å². The first-order chi connectivity index (χ1) is 9.76. The highest BCUT2D eigenvalue weighted by molar-refractivity contribution is 5.16. The largest absolute Gasteiger partial charge is 0.298 e. The normalized spacial score (nSPS) is 28.3. The highest BCUT2D eigenvalue weighted by atomic mass is 19.1. The van der Waals surface area contributed by atoms with Gasteiger partial charge in [-0.2, -0.15) is 0 Å². The molecule has 1 aromatic rings. The zero-order chi connectivity index (χ0) is 13.9. The zero-order valence-corrected chi connectivity index (χ0v) is 12.4. The monoisotopic (exact) mass is 276 g/mol. The van der Waals surface area contributed by atoms with Crippen LogP contribution in [0.3, 0.4) is 0 Å². The van der Waals surface area contributed by atoms with E-state index in [1.165, 1.54) is 44.8 Å². The molecule has 2 fully saturated rings. The molecular formula is C17H25FN2. The van der Waals surface area contributed by atoms with Gasteiger partial charge in [-0.05, 0) is 43.5 Å². The van der Waals surface area contributed by atoms with Gasteiger partial charge in [-0.15, -0.1) is 0 Å². The number of rotatable bonds is 3. The highest BCUT2D eigenvalue weighted by Gasteiger charge is 2.33. The first-order valence-electron chi connectivity index (χ1n) is 7.99. The lowest BCUT2D eigenvalue weighted by Crippen LogP contribution is -2.58. The first kappa shape index (κ1) is 14.0. The number of piperazine rings is 1. The van der Waals surface area contributed by atoms with Crippen LogP contribution in [0.4, 0.5) is 4.39 Å². The van der Waals surface area contributed by atoms with Crippen LogP contribution in [-0.2, 0) is 6.54 Å². The third kappa shape index (κ3) is 3.04. The molecule has 3 rings (SSSR count). The number of hydrogen-bond donors (Lipinski definition) is 0. The lowest BCUT2D eigenvalue weighted by atomic mass is 9.95. The van der Waals surface area contributed by atoms with Crippen molar-refractivity contribution in [1.82, 2.24) is 9.80 Å². The predicted octanol–water partition coefficient (Wildman–Crippen LogP) is 3.27. The van der Waals surface area contributed by atoms with E-state index in [1.807, 2.05) is 12.1 Å². The van der Waals surface area contributed by atoms with Crippen LogP contribution in [0.25, 0.3) is 0 Å². The second-order valence-corrected chi connectivity index (χ2v) is 6.27. The van der Waals surface area contributed by atoms with Crippen LogP contribution in [0.15, 0.2) is 24.3 Å². The van der Waals surface area contributed by atoms with E-state index in [2.05, 4.69) is 16.7 Å². The van der Waals surface area contributed by atoms with Gasteiger partial charge in [0, 0.05) is 31.7 Å². The Balaban J connectivity index is 1.70. The molecule has 0 amide bonds. The average Bonchev–Trinajstić information content (AvgIpc) is 2.46. The highest BCUT2D eigenvalue weighted by Crippen LogP contribution is 2.26. The summed E-state index contributed by atoms with van der Waals surface area (Å²) in [7, 11) is 0. The third-order valence-electron chi connectivity index (χ3n) is 4.90. The minimum absolute atomic E-state index is 0.119. The van der Waals surface area contributed by atoms with E-state index < -0.39 is 0 Å². The van der Waals surface area contributed by atoms with E-state index >= 15 is 0 Å². The molecule has 2 aliphatic heterocycles. The minimum Gasteiger partial charge on any atom is -0.298 e. The SMILES string of the molecule is CCC1CN2CCCCC2CN1Cc1cccc(F)c1. The maximum absolute atomic E-state index is 13.3. The Hall–Kier alpha value is -0.930. The van der Waals surface area contributed by atoms with Gasteiger partial charge in [-0.1, -0.05) is 25.5 Å². The Morgan fingerprint density at radius 1 is 1.25 bits per heavy atom. The molecule has 0 spiro atoms. The standard InChI is InChI=1S/C17H25FN2/c1-2-16-12-19-9-4-3-8-17(19)13-20(16)11-14-6-5-7-15(18)10-14/h5-7,10,16-17H,2-4,8-9,11-13H2,1H3. The van der Waals surface area contributed by atoms with Crippen molar-refractivity contribution in [1.29, 1.82) is 0 Å². The fourth-order valence-corrected chi connectivity index (χ4v) is 3.76. The molecule has 2 atom stereocenters. The fourth-order valence-electron chi connectivity index (χ4n) is 3.76. The predicted molar refractivity (Wildman–Crippen MR) is 80.1 cm³/mol. The van der Waals surface area contributed by atoms with E-state index in [0.29, 0.717) is 6.04 Å². The summed E-state index contributed by atoms with van der Waals surface area (Å²) in [5.41, 5.74) is 1.10.